The van der Waals surface area contributed by atoms with Gasteiger partial charge in [0.05, 0.1) is 29.2 Å². The van der Waals surface area contributed by atoms with E-state index < -0.39 is 0 Å². The predicted molar refractivity (Wildman–Crippen MR) is 165 cm³/mol. The molecule has 2 aliphatic carbocycles. The minimum atomic E-state index is -0.373. The van der Waals surface area contributed by atoms with Crippen LogP contribution in [0.2, 0.25) is 0 Å². The van der Waals surface area contributed by atoms with E-state index in [0.717, 1.165) is 71.1 Å². The van der Waals surface area contributed by atoms with Crippen molar-refractivity contribution in [3.8, 4) is 22.6 Å². The van der Waals surface area contributed by atoms with Gasteiger partial charge in [0, 0.05) is 29.5 Å². The van der Waals surface area contributed by atoms with Crippen LogP contribution in [0, 0.1) is 5.82 Å². The minimum absolute atomic E-state index is 0.136. The Kier molecular flexibility index (Phi) is 6.82. The maximum Gasteiger partial charge on any atom is 0.337 e. The van der Waals surface area contributed by atoms with Gasteiger partial charge in [-0.2, -0.15) is 0 Å². The van der Waals surface area contributed by atoms with Crippen molar-refractivity contribution in [3.63, 3.8) is 0 Å². The number of hydrogen-bond donors (Lipinski definition) is 0. The molecule has 2 aliphatic rings. The fourth-order valence-electron chi connectivity index (χ4n) is 7.45. The molecule has 5 nitrogen and oxygen atoms in total. The molecule has 0 amide bonds. The van der Waals surface area contributed by atoms with Gasteiger partial charge in [-0.05, 0) is 91.8 Å². The van der Waals surface area contributed by atoms with Crippen LogP contribution < -0.4 is 4.74 Å². The highest BCUT2D eigenvalue weighted by Crippen LogP contribution is 2.62. The molecule has 0 N–H and O–H groups in total. The zero-order valence-corrected chi connectivity index (χ0v) is 24.4. The number of ether oxygens (including phenoxy) is 3. The first kappa shape index (κ1) is 27.4. The van der Waals surface area contributed by atoms with E-state index in [9.17, 15) is 9.18 Å². The number of esters is 1. The van der Waals surface area contributed by atoms with E-state index in [4.69, 9.17) is 14.2 Å². The van der Waals surface area contributed by atoms with Gasteiger partial charge in [-0.3, -0.25) is 0 Å². The van der Waals surface area contributed by atoms with E-state index in [0.29, 0.717) is 12.2 Å². The van der Waals surface area contributed by atoms with Gasteiger partial charge in [-0.1, -0.05) is 48.5 Å². The molecule has 4 aromatic carbocycles. The molecule has 218 valence electrons. The third-order valence-electron chi connectivity index (χ3n) is 9.59. The molecule has 0 atom stereocenters. The summed E-state index contributed by atoms with van der Waals surface area (Å²) >= 11 is 0. The number of carbonyl (C=O) groups is 1. The number of fused-ring (bicyclic) bond motifs is 3. The van der Waals surface area contributed by atoms with Crippen LogP contribution in [-0.4, -0.2) is 30.4 Å². The number of rotatable bonds is 8. The van der Waals surface area contributed by atoms with Crippen LogP contribution in [-0.2, 0) is 21.5 Å². The van der Waals surface area contributed by atoms with Crippen molar-refractivity contribution < 1.29 is 23.4 Å². The summed E-state index contributed by atoms with van der Waals surface area (Å²) < 4.78 is 34.2. The van der Waals surface area contributed by atoms with Crippen molar-refractivity contribution in [2.45, 2.75) is 49.7 Å². The van der Waals surface area contributed by atoms with Crippen molar-refractivity contribution in [2.24, 2.45) is 0 Å². The topological polar surface area (TPSA) is 49.7 Å². The Morgan fingerprint density at radius 2 is 1.56 bits per heavy atom. The van der Waals surface area contributed by atoms with E-state index in [1.165, 1.54) is 24.9 Å². The summed E-state index contributed by atoms with van der Waals surface area (Å²) in [6, 6.07) is 30.7. The molecule has 2 saturated carbocycles. The average Bonchev–Trinajstić information content (AvgIpc) is 3.74. The molecular weight excluding hydrogens is 541 g/mol. The number of benzene rings is 4. The number of carbonyl (C=O) groups excluding carboxylic acids is 1. The third-order valence-corrected chi connectivity index (χ3v) is 9.59. The molecule has 0 radical (unpaired) electrons. The largest absolute Gasteiger partial charge is 0.488 e. The first-order chi connectivity index (χ1) is 21.0. The van der Waals surface area contributed by atoms with Crippen molar-refractivity contribution in [3.05, 3.63) is 120 Å². The number of aromatic nitrogens is 1. The van der Waals surface area contributed by atoms with Gasteiger partial charge in [-0.15, -0.1) is 0 Å². The molecule has 6 heteroatoms. The van der Waals surface area contributed by atoms with E-state index in [-0.39, 0.29) is 22.8 Å². The minimum Gasteiger partial charge on any atom is -0.488 e. The summed E-state index contributed by atoms with van der Waals surface area (Å²) in [6.07, 6.45) is 4.89. The second kappa shape index (κ2) is 10.7. The lowest BCUT2D eigenvalue weighted by atomic mass is 9.77. The molecule has 0 aliphatic heterocycles. The normalized spacial score (nSPS) is 20.9. The summed E-state index contributed by atoms with van der Waals surface area (Å²) in [7, 11) is 3.22. The maximum absolute atomic E-state index is 14.2. The number of halogens is 1. The van der Waals surface area contributed by atoms with E-state index in [2.05, 4.69) is 22.8 Å². The van der Waals surface area contributed by atoms with Gasteiger partial charge < -0.3 is 18.8 Å². The molecule has 43 heavy (non-hydrogen) atoms. The van der Waals surface area contributed by atoms with Crippen LogP contribution in [0.15, 0.2) is 97.1 Å². The van der Waals surface area contributed by atoms with Gasteiger partial charge in [0.25, 0.3) is 0 Å². The second-order valence-corrected chi connectivity index (χ2v) is 11.9. The van der Waals surface area contributed by atoms with Gasteiger partial charge in [0.1, 0.15) is 18.2 Å². The highest BCUT2D eigenvalue weighted by Gasteiger charge is 2.57. The SMILES string of the molecule is COC(=O)c1ccc(-c2c(C34CCC(OC)(CC3)C4)n(-c3ccc(F)cc3)c3cccc(OCc4ccccc4)c23)cc1. The van der Waals surface area contributed by atoms with Crippen LogP contribution in [0.4, 0.5) is 4.39 Å². The highest BCUT2D eigenvalue weighted by atomic mass is 19.1. The average molecular weight is 576 g/mol. The summed E-state index contributed by atoms with van der Waals surface area (Å²) in [5.41, 5.74) is 6.44. The summed E-state index contributed by atoms with van der Waals surface area (Å²) in [6.45, 7) is 0.426. The van der Waals surface area contributed by atoms with Crippen molar-refractivity contribution >= 4 is 16.9 Å². The van der Waals surface area contributed by atoms with Crippen molar-refractivity contribution in [1.82, 2.24) is 4.57 Å². The fraction of sp³-hybridized carbons (Fsp3) is 0.270. The van der Waals surface area contributed by atoms with E-state index in [1.807, 2.05) is 73.8 Å². The lowest BCUT2D eigenvalue weighted by molar-refractivity contribution is -0.000311. The Balaban J connectivity index is 1.51. The zero-order valence-electron chi connectivity index (χ0n) is 24.4. The Labute approximate surface area is 250 Å². The Morgan fingerprint density at radius 1 is 0.837 bits per heavy atom. The number of hydrogen-bond acceptors (Lipinski definition) is 4. The Hall–Kier alpha value is -4.42. The summed E-state index contributed by atoms with van der Waals surface area (Å²) in [4.78, 5) is 12.3. The summed E-state index contributed by atoms with van der Waals surface area (Å²) in [5, 5.41) is 1.000. The predicted octanol–water partition coefficient (Wildman–Crippen LogP) is 8.40. The van der Waals surface area contributed by atoms with Crippen molar-refractivity contribution in [1.29, 1.82) is 0 Å². The fourth-order valence-corrected chi connectivity index (χ4v) is 7.45. The molecule has 0 unspecified atom stereocenters. The smallest absolute Gasteiger partial charge is 0.337 e. The van der Waals surface area contributed by atoms with E-state index in [1.54, 1.807) is 0 Å². The maximum atomic E-state index is 14.2. The monoisotopic (exact) mass is 575 g/mol. The second-order valence-electron chi connectivity index (χ2n) is 11.9. The first-order valence-electron chi connectivity index (χ1n) is 14.8. The van der Waals surface area contributed by atoms with Crippen molar-refractivity contribution in [2.75, 3.05) is 14.2 Å². The molecule has 2 fully saturated rings. The van der Waals surface area contributed by atoms with Crippen LogP contribution in [0.3, 0.4) is 0 Å². The Bertz CT molecular complexity index is 1780. The molecule has 7 rings (SSSR count). The van der Waals surface area contributed by atoms with Crippen LogP contribution in [0.1, 0.15) is 53.7 Å². The number of methoxy groups -OCH3 is 2. The third kappa shape index (κ3) is 4.61. The number of nitrogens with zero attached hydrogens (tertiary/aromatic N) is 1. The van der Waals surface area contributed by atoms with E-state index >= 15 is 0 Å². The molecule has 0 saturated heterocycles. The first-order valence-corrected chi connectivity index (χ1v) is 14.8. The van der Waals surface area contributed by atoms with Gasteiger partial charge in [0.2, 0.25) is 0 Å². The van der Waals surface area contributed by atoms with Crippen LogP contribution in [0.25, 0.3) is 27.7 Å². The zero-order chi connectivity index (χ0) is 29.6. The molecule has 1 heterocycles. The lowest BCUT2D eigenvalue weighted by Gasteiger charge is -2.30. The molecule has 2 bridgehead atoms. The van der Waals surface area contributed by atoms with Gasteiger partial charge >= 0.3 is 5.97 Å². The lowest BCUT2D eigenvalue weighted by Crippen LogP contribution is -2.24. The summed E-state index contributed by atoms with van der Waals surface area (Å²) in [5.74, 6) is 0.133. The standard InChI is InChI=1S/C37H34FNO4/c1-41-35(40)27-13-11-26(12-14-27)32-33-30(9-6-10-31(33)43-23-25-7-4-3-5-8-25)39(29-17-15-28(38)16-18-29)34(32)36-19-21-37(24-36,42-2)22-20-36/h3-18H,19-24H2,1-2H3. The quantitative estimate of drug-likeness (QED) is 0.174. The molecular formula is C37H34FNO4. The molecule has 1 aromatic heterocycles. The molecule has 5 aromatic rings. The van der Waals surface area contributed by atoms with Gasteiger partial charge in [0.15, 0.2) is 0 Å². The molecule has 0 spiro atoms. The van der Waals surface area contributed by atoms with Crippen LogP contribution >= 0.6 is 0 Å². The van der Waals surface area contributed by atoms with Crippen LogP contribution in [0.5, 0.6) is 5.75 Å². The van der Waals surface area contributed by atoms with Gasteiger partial charge in [-0.25, -0.2) is 9.18 Å². The highest BCUT2D eigenvalue weighted by molar-refractivity contribution is 6.04. The Morgan fingerprint density at radius 3 is 2.21 bits per heavy atom.